The first-order chi connectivity index (χ1) is 17.1. The number of amides is 1. The Morgan fingerprint density at radius 3 is 2.36 bits per heavy atom. The van der Waals surface area contributed by atoms with E-state index in [0.29, 0.717) is 14.9 Å². The summed E-state index contributed by atoms with van der Waals surface area (Å²) < 4.78 is 53.9. The van der Waals surface area contributed by atoms with Gasteiger partial charge in [-0.3, -0.25) is 19.1 Å². The lowest BCUT2D eigenvalue weighted by molar-refractivity contribution is -0.137. The molecule has 0 saturated heterocycles. The van der Waals surface area contributed by atoms with Gasteiger partial charge in [0.15, 0.2) is 0 Å². The molecule has 12 heteroatoms. The Kier molecular flexibility index (Phi) is 6.77. The van der Waals surface area contributed by atoms with E-state index in [1.165, 1.54) is 24.4 Å². The smallest absolute Gasteiger partial charge is 0.345 e. The topological polar surface area (TPSA) is 98.9 Å². The summed E-state index contributed by atoms with van der Waals surface area (Å²) in [6.07, 6.45) is -3.10. The van der Waals surface area contributed by atoms with Gasteiger partial charge in [0.2, 0.25) is 5.69 Å². The van der Waals surface area contributed by atoms with Crippen LogP contribution in [-0.2, 0) is 19.3 Å². The molecule has 1 amide bonds. The maximum Gasteiger partial charge on any atom is 0.416 e. The van der Waals surface area contributed by atoms with Crippen LogP contribution in [0.3, 0.4) is 0 Å². The summed E-state index contributed by atoms with van der Waals surface area (Å²) in [4.78, 5) is 43.1. The van der Waals surface area contributed by atoms with Gasteiger partial charge >= 0.3 is 11.9 Å². The number of hydrogen-bond donors (Lipinski definition) is 1. The summed E-state index contributed by atoms with van der Waals surface area (Å²) in [6, 6.07) is 13.6. The zero-order valence-corrected chi connectivity index (χ0v) is 18.4. The van der Waals surface area contributed by atoms with Gasteiger partial charge in [-0.2, -0.15) is 23.0 Å². The normalized spacial score (nSPS) is 11.3. The first kappa shape index (κ1) is 24.5. The highest BCUT2D eigenvalue weighted by Gasteiger charge is 2.30. The van der Waals surface area contributed by atoms with Crippen LogP contribution in [-0.4, -0.2) is 25.2 Å². The molecule has 0 spiro atoms. The molecule has 0 fully saturated rings. The van der Waals surface area contributed by atoms with Crippen molar-refractivity contribution in [1.82, 2.24) is 24.6 Å². The van der Waals surface area contributed by atoms with Crippen LogP contribution < -0.4 is 16.6 Å². The number of alkyl halides is 3. The van der Waals surface area contributed by atoms with Crippen molar-refractivity contribution in [2.75, 3.05) is 0 Å². The van der Waals surface area contributed by atoms with Crippen molar-refractivity contribution in [3.8, 4) is 5.69 Å². The monoisotopic (exact) mass is 499 g/mol. The van der Waals surface area contributed by atoms with Crippen LogP contribution in [0.1, 0.15) is 27.3 Å². The van der Waals surface area contributed by atoms with E-state index in [4.69, 9.17) is 0 Å². The number of benzene rings is 2. The van der Waals surface area contributed by atoms with Crippen molar-refractivity contribution in [1.29, 1.82) is 0 Å². The Morgan fingerprint density at radius 1 is 0.972 bits per heavy atom. The molecule has 0 unspecified atom stereocenters. The molecule has 0 atom stereocenters. The number of carbonyl (C=O) groups is 1. The van der Waals surface area contributed by atoms with Crippen LogP contribution in [0.25, 0.3) is 5.69 Å². The van der Waals surface area contributed by atoms with Crippen molar-refractivity contribution in [3.05, 3.63) is 122 Å². The predicted molar refractivity (Wildman–Crippen MR) is 120 cm³/mol. The average molecular weight is 499 g/mol. The van der Waals surface area contributed by atoms with Gasteiger partial charge in [-0.05, 0) is 54.1 Å². The minimum Gasteiger partial charge on any atom is -0.345 e. The Bertz CT molecular complexity index is 1510. The van der Waals surface area contributed by atoms with E-state index in [2.05, 4.69) is 15.4 Å². The van der Waals surface area contributed by atoms with Crippen LogP contribution in [0.15, 0.2) is 82.5 Å². The standard InChI is InChI=1S/C24H17F4N5O3/c25-17-5-3-4-15(12-17)14-32-22(35)20(21(34)30-13-18-6-1-2-11-29-18)31-33(23(32)36)19-9-7-16(8-10-19)24(26,27)28/h1-12H,13-14H2,(H,30,34). The average Bonchev–Trinajstić information content (AvgIpc) is 2.85. The van der Waals surface area contributed by atoms with E-state index in [-0.39, 0.29) is 17.8 Å². The SMILES string of the molecule is O=C(NCc1ccccn1)c1nn(-c2ccc(C(F)(F)F)cc2)c(=O)n(Cc2cccc(F)c2)c1=O. The maximum atomic E-state index is 13.7. The molecule has 0 bridgehead atoms. The predicted octanol–water partition coefficient (Wildman–Crippen LogP) is 2.93. The van der Waals surface area contributed by atoms with Crippen LogP contribution >= 0.6 is 0 Å². The molecule has 8 nitrogen and oxygen atoms in total. The Balaban J connectivity index is 1.79. The van der Waals surface area contributed by atoms with Gasteiger partial charge in [-0.1, -0.05) is 18.2 Å². The van der Waals surface area contributed by atoms with Crippen LogP contribution in [0.5, 0.6) is 0 Å². The molecule has 0 radical (unpaired) electrons. The maximum absolute atomic E-state index is 13.7. The van der Waals surface area contributed by atoms with Gasteiger partial charge in [0.05, 0.1) is 30.0 Å². The van der Waals surface area contributed by atoms with Gasteiger partial charge in [0.25, 0.3) is 11.5 Å². The van der Waals surface area contributed by atoms with E-state index in [1.54, 1.807) is 18.2 Å². The Hall–Kier alpha value is -4.61. The molecule has 4 aromatic rings. The highest BCUT2D eigenvalue weighted by atomic mass is 19.4. The fourth-order valence-corrected chi connectivity index (χ4v) is 3.33. The molecule has 2 heterocycles. The highest BCUT2D eigenvalue weighted by molar-refractivity contribution is 5.91. The zero-order valence-electron chi connectivity index (χ0n) is 18.4. The Labute approximate surface area is 200 Å². The number of pyridine rings is 1. The molecule has 0 saturated carbocycles. The first-order valence-electron chi connectivity index (χ1n) is 10.5. The Morgan fingerprint density at radius 2 is 1.72 bits per heavy atom. The molecule has 4 rings (SSSR count). The van der Waals surface area contributed by atoms with Crippen molar-refractivity contribution in [2.45, 2.75) is 19.3 Å². The summed E-state index contributed by atoms with van der Waals surface area (Å²) in [5.41, 5.74) is -3.08. The number of rotatable bonds is 6. The third kappa shape index (κ3) is 5.37. The van der Waals surface area contributed by atoms with Crippen LogP contribution in [0, 0.1) is 5.82 Å². The molecule has 184 valence electrons. The second kappa shape index (κ2) is 9.94. The van der Waals surface area contributed by atoms with Gasteiger partial charge < -0.3 is 5.32 Å². The molecule has 0 aliphatic carbocycles. The molecule has 2 aromatic heterocycles. The van der Waals surface area contributed by atoms with E-state index < -0.39 is 47.0 Å². The fraction of sp³-hybridized carbons (Fsp3) is 0.125. The number of aromatic nitrogens is 4. The summed E-state index contributed by atoms with van der Waals surface area (Å²) in [7, 11) is 0. The van der Waals surface area contributed by atoms with E-state index >= 15 is 0 Å². The second-order valence-electron chi connectivity index (χ2n) is 7.61. The lowest BCUT2D eigenvalue weighted by Gasteiger charge is -2.13. The third-order valence-corrected chi connectivity index (χ3v) is 5.10. The molecule has 0 aliphatic heterocycles. The molecule has 0 aliphatic rings. The second-order valence-corrected chi connectivity index (χ2v) is 7.61. The van der Waals surface area contributed by atoms with Crippen molar-refractivity contribution in [2.24, 2.45) is 0 Å². The number of nitrogens with zero attached hydrogens (tertiary/aromatic N) is 4. The largest absolute Gasteiger partial charge is 0.416 e. The summed E-state index contributed by atoms with van der Waals surface area (Å²) >= 11 is 0. The van der Waals surface area contributed by atoms with Crippen molar-refractivity contribution in [3.63, 3.8) is 0 Å². The lowest BCUT2D eigenvalue weighted by atomic mass is 10.2. The van der Waals surface area contributed by atoms with Crippen LogP contribution in [0.2, 0.25) is 0 Å². The first-order valence-corrected chi connectivity index (χ1v) is 10.5. The molecular formula is C24H17F4N5O3. The summed E-state index contributed by atoms with van der Waals surface area (Å²) in [5.74, 6) is -1.54. The number of hydrogen-bond acceptors (Lipinski definition) is 5. The number of carbonyl (C=O) groups excluding carboxylic acids is 1. The number of halogens is 4. The van der Waals surface area contributed by atoms with Crippen molar-refractivity contribution < 1.29 is 22.4 Å². The molecular weight excluding hydrogens is 482 g/mol. The lowest BCUT2D eigenvalue weighted by Crippen LogP contribution is -2.46. The van der Waals surface area contributed by atoms with Crippen molar-refractivity contribution >= 4 is 5.91 Å². The highest BCUT2D eigenvalue weighted by Crippen LogP contribution is 2.29. The van der Waals surface area contributed by atoms with E-state index in [1.807, 2.05) is 0 Å². The van der Waals surface area contributed by atoms with E-state index in [0.717, 1.165) is 30.3 Å². The van der Waals surface area contributed by atoms with Crippen LogP contribution in [0.4, 0.5) is 17.6 Å². The molecule has 36 heavy (non-hydrogen) atoms. The minimum atomic E-state index is -4.61. The third-order valence-electron chi connectivity index (χ3n) is 5.10. The number of nitrogens with one attached hydrogen (secondary N) is 1. The van der Waals surface area contributed by atoms with Gasteiger partial charge in [0, 0.05) is 6.20 Å². The quantitative estimate of drug-likeness (QED) is 0.412. The van der Waals surface area contributed by atoms with Gasteiger partial charge in [-0.15, -0.1) is 0 Å². The zero-order chi connectivity index (χ0) is 25.9. The van der Waals surface area contributed by atoms with E-state index in [9.17, 15) is 31.9 Å². The van der Waals surface area contributed by atoms with Gasteiger partial charge in [-0.25, -0.2) is 9.18 Å². The minimum absolute atomic E-state index is 0.0515. The summed E-state index contributed by atoms with van der Waals surface area (Å²) in [6.45, 7) is -0.455. The molecule has 1 N–H and O–H groups in total. The molecule has 2 aromatic carbocycles. The fourth-order valence-electron chi connectivity index (χ4n) is 3.33. The summed E-state index contributed by atoms with van der Waals surface area (Å²) in [5, 5.41) is 6.33. The van der Waals surface area contributed by atoms with Gasteiger partial charge in [0.1, 0.15) is 5.82 Å².